The van der Waals surface area contributed by atoms with E-state index in [1.807, 2.05) is 18.2 Å². The molecule has 7 nitrogen and oxygen atoms in total. The van der Waals surface area contributed by atoms with Crippen LogP contribution in [-0.2, 0) is 17.6 Å². The van der Waals surface area contributed by atoms with Gasteiger partial charge in [0.2, 0.25) is 5.91 Å². The summed E-state index contributed by atoms with van der Waals surface area (Å²) in [6.45, 7) is 1.67. The number of aliphatic imine (C=N–C) groups is 1. The van der Waals surface area contributed by atoms with Gasteiger partial charge in [0.15, 0.2) is 17.5 Å². The molecule has 0 aliphatic rings. The molecule has 0 radical (unpaired) electrons. The Morgan fingerprint density at radius 1 is 0.903 bits per heavy atom. The van der Waals surface area contributed by atoms with Crippen LogP contribution in [0.15, 0.2) is 47.5 Å². The summed E-state index contributed by atoms with van der Waals surface area (Å²) in [6, 6.07) is 11.7. The topological polar surface area (TPSA) is 84.0 Å². The summed E-state index contributed by atoms with van der Waals surface area (Å²) in [5, 5.41) is 9.22. The number of hydrogen-bond acceptors (Lipinski definition) is 4. The Kier molecular flexibility index (Phi) is 12.3. The number of nitrogens with one attached hydrogen (secondary N) is 3. The first-order valence-electron chi connectivity index (χ1n) is 9.72. The largest absolute Gasteiger partial charge is 0.493 e. The van der Waals surface area contributed by atoms with Crippen molar-refractivity contribution in [2.45, 2.75) is 12.8 Å². The monoisotopic (exact) mass is 544 g/mol. The van der Waals surface area contributed by atoms with E-state index in [1.54, 1.807) is 33.4 Å². The van der Waals surface area contributed by atoms with E-state index in [-0.39, 0.29) is 42.1 Å². The predicted octanol–water partition coefficient (Wildman–Crippen LogP) is 2.53. The van der Waals surface area contributed by atoms with Crippen LogP contribution >= 0.6 is 24.0 Å². The lowest BCUT2D eigenvalue weighted by Gasteiger charge is -2.13. The molecule has 9 heteroatoms. The molecular weight excluding hydrogens is 514 g/mol. The SMILES string of the molecule is CN=C(NCCNC(=O)Cc1ccc(F)cc1)NCCc1ccc(OC)c(OC)c1.I. The summed E-state index contributed by atoms with van der Waals surface area (Å²) in [7, 11) is 4.92. The van der Waals surface area contributed by atoms with Gasteiger partial charge in [0.1, 0.15) is 5.82 Å². The molecular formula is C22H30FIN4O3. The van der Waals surface area contributed by atoms with Crippen molar-refractivity contribution in [3.8, 4) is 11.5 Å². The predicted molar refractivity (Wildman–Crippen MR) is 131 cm³/mol. The van der Waals surface area contributed by atoms with Gasteiger partial charge in [-0.15, -0.1) is 24.0 Å². The van der Waals surface area contributed by atoms with Gasteiger partial charge in [0.05, 0.1) is 20.6 Å². The first-order chi connectivity index (χ1) is 14.5. The number of amides is 1. The highest BCUT2D eigenvalue weighted by atomic mass is 127. The zero-order chi connectivity index (χ0) is 21.8. The van der Waals surface area contributed by atoms with Crippen LogP contribution in [0, 0.1) is 5.82 Å². The van der Waals surface area contributed by atoms with Crippen LogP contribution in [-0.4, -0.2) is 52.8 Å². The van der Waals surface area contributed by atoms with Crippen molar-refractivity contribution >= 4 is 35.8 Å². The van der Waals surface area contributed by atoms with Crippen molar-refractivity contribution in [2.75, 3.05) is 40.9 Å². The van der Waals surface area contributed by atoms with E-state index in [0.29, 0.717) is 37.1 Å². The van der Waals surface area contributed by atoms with E-state index in [0.717, 1.165) is 17.5 Å². The Labute approximate surface area is 199 Å². The molecule has 2 aromatic carbocycles. The number of methoxy groups -OCH3 is 2. The normalized spacial score (nSPS) is 10.6. The van der Waals surface area contributed by atoms with E-state index in [4.69, 9.17) is 9.47 Å². The first kappa shape index (κ1) is 26.5. The van der Waals surface area contributed by atoms with Crippen molar-refractivity contribution in [1.82, 2.24) is 16.0 Å². The smallest absolute Gasteiger partial charge is 0.224 e. The van der Waals surface area contributed by atoms with Gasteiger partial charge < -0.3 is 25.4 Å². The Hall–Kier alpha value is -2.56. The van der Waals surface area contributed by atoms with Crippen molar-refractivity contribution in [3.05, 3.63) is 59.4 Å². The van der Waals surface area contributed by atoms with Crippen LogP contribution < -0.4 is 25.4 Å². The molecule has 0 fully saturated rings. The van der Waals surface area contributed by atoms with E-state index in [2.05, 4.69) is 20.9 Å². The Morgan fingerprint density at radius 3 is 2.16 bits per heavy atom. The zero-order valence-electron chi connectivity index (χ0n) is 18.0. The molecule has 2 aromatic rings. The number of carbonyl (C=O) groups excluding carboxylic acids is 1. The fourth-order valence-corrected chi connectivity index (χ4v) is 2.81. The third kappa shape index (κ3) is 9.41. The number of benzene rings is 2. The van der Waals surface area contributed by atoms with Gasteiger partial charge in [0.25, 0.3) is 0 Å². The molecule has 0 atom stereocenters. The molecule has 0 aliphatic heterocycles. The van der Waals surface area contributed by atoms with Crippen LogP contribution in [0.1, 0.15) is 11.1 Å². The Balaban J connectivity index is 0.00000480. The summed E-state index contributed by atoms with van der Waals surface area (Å²) < 4.78 is 23.5. The van der Waals surface area contributed by atoms with Crippen LogP contribution in [0.4, 0.5) is 4.39 Å². The maximum absolute atomic E-state index is 12.9. The van der Waals surface area contributed by atoms with E-state index in [1.165, 1.54) is 12.1 Å². The van der Waals surface area contributed by atoms with E-state index < -0.39 is 0 Å². The molecule has 3 N–H and O–H groups in total. The van der Waals surface area contributed by atoms with Crippen LogP contribution in [0.25, 0.3) is 0 Å². The number of hydrogen-bond donors (Lipinski definition) is 3. The Bertz CT molecular complexity index is 847. The summed E-state index contributed by atoms with van der Waals surface area (Å²) in [4.78, 5) is 16.1. The molecule has 0 heterocycles. The summed E-state index contributed by atoms with van der Waals surface area (Å²) >= 11 is 0. The first-order valence-corrected chi connectivity index (χ1v) is 9.72. The summed E-state index contributed by atoms with van der Waals surface area (Å²) in [5.41, 5.74) is 1.89. The van der Waals surface area contributed by atoms with Crippen molar-refractivity contribution in [1.29, 1.82) is 0 Å². The second-order valence-corrected chi connectivity index (χ2v) is 6.52. The summed E-state index contributed by atoms with van der Waals surface area (Å²) in [6.07, 6.45) is 1.01. The lowest BCUT2D eigenvalue weighted by molar-refractivity contribution is -0.120. The van der Waals surface area contributed by atoms with Gasteiger partial charge in [0, 0.05) is 26.7 Å². The zero-order valence-corrected chi connectivity index (χ0v) is 20.4. The number of halogens is 2. The van der Waals surface area contributed by atoms with Crippen molar-refractivity contribution in [2.24, 2.45) is 4.99 Å². The maximum atomic E-state index is 12.9. The van der Waals surface area contributed by atoms with Crippen LogP contribution in [0.3, 0.4) is 0 Å². The molecule has 170 valence electrons. The van der Waals surface area contributed by atoms with Gasteiger partial charge in [-0.25, -0.2) is 4.39 Å². The highest BCUT2D eigenvalue weighted by Gasteiger charge is 2.06. The third-order valence-electron chi connectivity index (χ3n) is 4.40. The van der Waals surface area contributed by atoms with Crippen LogP contribution in [0.5, 0.6) is 11.5 Å². The number of rotatable bonds is 10. The quantitative estimate of drug-likeness (QED) is 0.185. The molecule has 0 bridgehead atoms. The van der Waals surface area contributed by atoms with Gasteiger partial charge in [-0.3, -0.25) is 9.79 Å². The van der Waals surface area contributed by atoms with Gasteiger partial charge >= 0.3 is 0 Å². The molecule has 0 saturated heterocycles. The molecule has 0 aliphatic carbocycles. The molecule has 2 rings (SSSR count). The van der Waals surface area contributed by atoms with E-state index in [9.17, 15) is 9.18 Å². The fourth-order valence-electron chi connectivity index (χ4n) is 2.81. The van der Waals surface area contributed by atoms with Gasteiger partial charge in [-0.05, 0) is 41.8 Å². The second-order valence-electron chi connectivity index (χ2n) is 6.52. The second kappa shape index (κ2) is 14.4. The van der Waals surface area contributed by atoms with Gasteiger partial charge in [-0.2, -0.15) is 0 Å². The minimum atomic E-state index is -0.312. The average molecular weight is 544 g/mol. The highest BCUT2D eigenvalue weighted by Crippen LogP contribution is 2.27. The summed E-state index contributed by atoms with van der Waals surface area (Å²) in [5.74, 6) is 1.64. The lowest BCUT2D eigenvalue weighted by atomic mass is 10.1. The number of carbonyl (C=O) groups is 1. The Morgan fingerprint density at radius 2 is 1.52 bits per heavy atom. The maximum Gasteiger partial charge on any atom is 0.224 e. The van der Waals surface area contributed by atoms with Gasteiger partial charge in [-0.1, -0.05) is 18.2 Å². The highest BCUT2D eigenvalue weighted by molar-refractivity contribution is 14.0. The minimum Gasteiger partial charge on any atom is -0.493 e. The van der Waals surface area contributed by atoms with Crippen LogP contribution in [0.2, 0.25) is 0 Å². The molecule has 0 unspecified atom stereocenters. The molecule has 0 spiro atoms. The fraction of sp³-hybridized carbons (Fsp3) is 0.364. The standard InChI is InChI=1S/C22H29FN4O3.HI/c1-24-22(26-11-10-17-6-9-19(29-2)20(14-17)30-3)27-13-12-25-21(28)15-16-4-7-18(23)8-5-16;/h4-9,14H,10-13,15H2,1-3H3,(H,25,28)(H2,24,26,27);1H. The molecule has 31 heavy (non-hydrogen) atoms. The number of guanidine groups is 1. The molecule has 0 saturated carbocycles. The average Bonchev–Trinajstić information content (AvgIpc) is 2.76. The van der Waals surface area contributed by atoms with Crippen molar-refractivity contribution in [3.63, 3.8) is 0 Å². The lowest BCUT2D eigenvalue weighted by Crippen LogP contribution is -2.42. The molecule has 1 amide bonds. The molecule has 0 aromatic heterocycles. The van der Waals surface area contributed by atoms with E-state index >= 15 is 0 Å². The number of ether oxygens (including phenoxy) is 2. The van der Waals surface area contributed by atoms with Crippen molar-refractivity contribution < 1.29 is 18.7 Å². The minimum absolute atomic E-state index is 0. The number of nitrogens with zero attached hydrogens (tertiary/aromatic N) is 1. The third-order valence-corrected chi connectivity index (χ3v) is 4.40.